The second kappa shape index (κ2) is 8.42. The Morgan fingerprint density at radius 2 is 1.92 bits per heavy atom. The van der Waals surface area contributed by atoms with Gasteiger partial charge in [0.25, 0.3) is 0 Å². The number of sulfonamides is 1. The predicted octanol–water partition coefficient (Wildman–Crippen LogP) is 2.66. The Hall–Kier alpha value is -1.25. The lowest BCUT2D eigenvalue weighted by Crippen LogP contribution is -2.43. The fourth-order valence-electron chi connectivity index (χ4n) is 2.96. The molecule has 1 fully saturated rings. The van der Waals surface area contributed by atoms with Gasteiger partial charge in [-0.15, -0.1) is 11.3 Å². The molecule has 3 rings (SSSR count). The Labute approximate surface area is 153 Å². The van der Waals surface area contributed by atoms with Crippen LogP contribution in [-0.2, 0) is 21.2 Å². The van der Waals surface area contributed by atoms with Gasteiger partial charge < -0.3 is 4.74 Å². The number of nitrogens with zero attached hydrogens (tertiary/aromatic N) is 1. The number of rotatable bonds is 7. The predicted molar refractivity (Wildman–Crippen MR) is 100 cm³/mol. The third-order valence-electron chi connectivity index (χ3n) is 4.47. The van der Waals surface area contributed by atoms with E-state index >= 15 is 0 Å². The first-order valence-corrected chi connectivity index (χ1v) is 10.9. The van der Waals surface area contributed by atoms with Gasteiger partial charge in [0, 0.05) is 24.5 Å². The van der Waals surface area contributed by atoms with Crippen molar-refractivity contribution in [1.29, 1.82) is 0 Å². The first-order chi connectivity index (χ1) is 12.1. The summed E-state index contributed by atoms with van der Waals surface area (Å²) in [5.74, 6) is 0. The van der Waals surface area contributed by atoms with Crippen molar-refractivity contribution in [2.45, 2.75) is 24.3 Å². The standard InChI is InChI=1S/C18H24N2O3S2/c1-2-15-5-7-16(8-6-15)25(21,22)19-14-17(18-4-3-13-24-18)20-9-11-23-12-10-20/h3-8,13,17,19H,2,9-12,14H2,1H3. The average molecular weight is 381 g/mol. The number of thiophene rings is 1. The van der Waals surface area contributed by atoms with Crippen LogP contribution in [0.5, 0.6) is 0 Å². The minimum Gasteiger partial charge on any atom is -0.379 e. The van der Waals surface area contributed by atoms with E-state index in [4.69, 9.17) is 4.74 Å². The van der Waals surface area contributed by atoms with Crippen molar-refractivity contribution in [3.63, 3.8) is 0 Å². The molecule has 1 unspecified atom stereocenters. The topological polar surface area (TPSA) is 58.6 Å². The number of hydrogen-bond donors (Lipinski definition) is 1. The van der Waals surface area contributed by atoms with E-state index in [2.05, 4.69) is 22.6 Å². The lowest BCUT2D eigenvalue weighted by atomic mass is 10.2. The number of morpholine rings is 1. The number of aryl methyl sites for hydroxylation is 1. The molecule has 1 aromatic heterocycles. The highest BCUT2D eigenvalue weighted by Crippen LogP contribution is 2.26. The summed E-state index contributed by atoms with van der Waals surface area (Å²) < 4.78 is 33.5. The van der Waals surface area contributed by atoms with Crippen LogP contribution in [0.15, 0.2) is 46.7 Å². The Morgan fingerprint density at radius 1 is 1.20 bits per heavy atom. The zero-order valence-electron chi connectivity index (χ0n) is 14.3. The molecule has 0 spiro atoms. The van der Waals surface area contributed by atoms with Crippen molar-refractivity contribution < 1.29 is 13.2 Å². The molecule has 1 aliphatic rings. The van der Waals surface area contributed by atoms with E-state index in [1.54, 1.807) is 23.5 Å². The number of nitrogens with one attached hydrogen (secondary N) is 1. The second-order valence-electron chi connectivity index (χ2n) is 6.03. The summed E-state index contributed by atoms with van der Waals surface area (Å²) in [5.41, 5.74) is 1.13. The molecule has 1 N–H and O–H groups in total. The summed E-state index contributed by atoms with van der Waals surface area (Å²) in [7, 11) is -3.51. The fraction of sp³-hybridized carbons (Fsp3) is 0.444. The van der Waals surface area contributed by atoms with E-state index in [-0.39, 0.29) is 6.04 Å². The minimum atomic E-state index is -3.51. The fourth-order valence-corrected chi connectivity index (χ4v) is 4.86. The van der Waals surface area contributed by atoms with Crippen molar-refractivity contribution >= 4 is 21.4 Å². The maximum absolute atomic E-state index is 12.6. The monoisotopic (exact) mass is 380 g/mol. The zero-order chi connectivity index (χ0) is 17.7. The second-order valence-corrected chi connectivity index (χ2v) is 8.78. The van der Waals surface area contributed by atoms with Crippen LogP contribution in [0.1, 0.15) is 23.4 Å². The Balaban J connectivity index is 1.73. The molecule has 136 valence electrons. The molecule has 1 aromatic carbocycles. The van der Waals surface area contributed by atoms with Crippen LogP contribution in [0, 0.1) is 0 Å². The van der Waals surface area contributed by atoms with Gasteiger partial charge in [-0.2, -0.15) is 0 Å². The number of hydrogen-bond acceptors (Lipinski definition) is 5. The molecule has 5 nitrogen and oxygen atoms in total. The molecule has 0 amide bonds. The molecule has 1 aliphatic heterocycles. The van der Waals surface area contributed by atoms with Gasteiger partial charge in [0.05, 0.1) is 24.2 Å². The van der Waals surface area contributed by atoms with Crippen LogP contribution in [0.3, 0.4) is 0 Å². The highest BCUT2D eigenvalue weighted by atomic mass is 32.2. The van der Waals surface area contributed by atoms with Crippen molar-refractivity contribution in [1.82, 2.24) is 9.62 Å². The van der Waals surface area contributed by atoms with Crippen LogP contribution in [0.2, 0.25) is 0 Å². The zero-order valence-corrected chi connectivity index (χ0v) is 16.0. The molecular formula is C18H24N2O3S2. The molecule has 0 aliphatic carbocycles. The lowest BCUT2D eigenvalue weighted by molar-refractivity contribution is 0.0179. The van der Waals surface area contributed by atoms with E-state index < -0.39 is 10.0 Å². The van der Waals surface area contributed by atoms with Crippen LogP contribution in [0.4, 0.5) is 0 Å². The molecule has 25 heavy (non-hydrogen) atoms. The molecule has 7 heteroatoms. The third kappa shape index (κ3) is 4.68. The van der Waals surface area contributed by atoms with Gasteiger partial charge in [-0.3, -0.25) is 4.90 Å². The summed E-state index contributed by atoms with van der Waals surface area (Å²) in [6.07, 6.45) is 0.894. The largest absolute Gasteiger partial charge is 0.379 e. The smallest absolute Gasteiger partial charge is 0.240 e. The van der Waals surface area contributed by atoms with Crippen LogP contribution in [0.25, 0.3) is 0 Å². The summed E-state index contributed by atoms with van der Waals surface area (Å²) in [6.45, 7) is 5.42. The summed E-state index contributed by atoms with van der Waals surface area (Å²) in [6, 6.07) is 11.2. The van der Waals surface area contributed by atoms with Crippen molar-refractivity contribution in [2.75, 3.05) is 32.8 Å². The maximum Gasteiger partial charge on any atom is 0.240 e. The van der Waals surface area contributed by atoms with E-state index in [0.717, 1.165) is 25.1 Å². The van der Waals surface area contributed by atoms with E-state index in [0.29, 0.717) is 24.7 Å². The van der Waals surface area contributed by atoms with E-state index in [1.165, 1.54) is 4.88 Å². The lowest BCUT2D eigenvalue weighted by Gasteiger charge is -2.34. The Bertz CT molecular complexity index is 752. The van der Waals surface area contributed by atoms with Crippen LogP contribution in [-0.4, -0.2) is 46.2 Å². The molecule has 1 saturated heterocycles. The first kappa shape index (κ1) is 18.5. The molecule has 0 bridgehead atoms. The number of benzene rings is 1. The summed E-state index contributed by atoms with van der Waals surface area (Å²) >= 11 is 1.66. The van der Waals surface area contributed by atoms with Gasteiger partial charge in [0.1, 0.15) is 0 Å². The van der Waals surface area contributed by atoms with E-state index in [9.17, 15) is 8.42 Å². The van der Waals surface area contributed by atoms with Gasteiger partial charge in [-0.25, -0.2) is 13.1 Å². The molecular weight excluding hydrogens is 356 g/mol. The number of ether oxygens (including phenoxy) is 1. The maximum atomic E-state index is 12.6. The highest BCUT2D eigenvalue weighted by molar-refractivity contribution is 7.89. The molecule has 0 radical (unpaired) electrons. The van der Waals surface area contributed by atoms with Crippen molar-refractivity contribution in [3.8, 4) is 0 Å². The molecule has 0 saturated carbocycles. The average Bonchev–Trinajstić information content (AvgIpc) is 3.17. The van der Waals surface area contributed by atoms with E-state index in [1.807, 2.05) is 23.6 Å². The van der Waals surface area contributed by atoms with Crippen molar-refractivity contribution in [2.24, 2.45) is 0 Å². The minimum absolute atomic E-state index is 0.0357. The van der Waals surface area contributed by atoms with Gasteiger partial charge in [0.15, 0.2) is 0 Å². The Morgan fingerprint density at radius 3 is 2.52 bits per heavy atom. The quantitative estimate of drug-likeness (QED) is 0.802. The summed E-state index contributed by atoms with van der Waals surface area (Å²) in [4.78, 5) is 3.78. The summed E-state index contributed by atoms with van der Waals surface area (Å²) in [5, 5.41) is 2.03. The Kier molecular flexibility index (Phi) is 6.24. The van der Waals surface area contributed by atoms with Crippen LogP contribution >= 0.6 is 11.3 Å². The first-order valence-electron chi connectivity index (χ1n) is 8.54. The molecule has 2 heterocycles. The highest BCUT2D eigenvalue weighted by Gasteiger charge is 2.25. The van der Waals surface area contributed by atoms with Gasteiger partial charge in [0.2, 0.25) is 10.0 Å². The van der Waals surface area contributed by atoms with Gasteiger partial charge in [-0.1, -0.05) is 25.1 Å². The van der Waals surface area contributed by atoms with Crippen LogP contribution < -0.4 is 4.72 Å². The third-order valence-corrected chi connectivity index (χ3v) is 6.88. The normalized spacial score (nSPS) is 17.5. The SMILES string of the molecule is CCc1ccc(S(=O)(=O)NCC(c2cccs2)N2CCOCC2)cc1. The van der Waals surface area contributed by atoms with Gasteiger partial charge in [-0.05, 0) is 35.6 Å². The molecule has 1 atom stereocenters. The van der Waals surface area contributed by atoms with Crippen molar-refractivity contribution in [3.05, 3.63) is 52.2 Å². The molecule has 2 aromatic rings. The van der Waals surface area contributed by atoms with Gasteiger partial charge >= 0.3 is 0 Å².